The van der Waals surface area contributed by atoms with Crippen molar-refractivity contribution < 1.29 is 14.3 Å². The van der Waals surface area contributed by atoms with Crippen molar-refractivity contribution in [3.8, 4) is 0 Å². The van der Waals surface area contributed by atoms with Crippen LogP contribution in [0, 0.1) is 17.8 Å². The summed E-state index contributed by atoms with van der Waals surface area (Å²) in [5, 5.41) is 0. The summed E-state index contributed by atoms with van der Waals surface area (Å²) in [5.41, 5.74) is 0. The Hall–Kier alpha value is -0.570. The van der Waals surface area contributed by atoms with Crippen LogP contribution >= 0.6 is 0 Å². The smallest absolute Gasteiger partial charge is 0.311 e. The number of ether oxygens (including phenoxy) is 2. The quantitative estimate of drug-likeness (QED) is 0.676. The van der Waals surface area contributed by atoms with Gasteiger partial charge in [0.15, 0.2) is 0 Å². The Morgan fingerprint density at radius 1 is 1.27 bits per heavy atom. The standard InChI is InChI=1S/C12H22O3/c1-8(2)9-5-6-10(12(13)15-4)11(7-9)14-3/h8-11H,5-7H2,1-4H3. The highest BCUT2D eigenvalue weighted by atomic mass is 16.5. The summed E-state index contributed by atoms with van der Waals surface area (Å²) in [4.78, 5) is 11.5. The van der Waals surface area contributed by atoms with Crippen LogP contribution < -0.4 is 0 Å². The van der Waals surface area contributed by atoms with E-state index < -0.39 is 0 Å². The molecule has 0 bridgehead atoms. The lowest BCUT2D eigenvalue weighted by molar-refractivity contribution is -0.153. The first-order chi connectivity index (χ1) is 7.10. The van der Waals surface area contributed by atoms with Gasteiger partial charge < -0.3 is 9.47 Å². The van der Waals surface area contributed by atoms with Gasteiger partial charge >= 0.3 is 5.97 Å². The van der Waals surface area contributed by atoms with Crippen LogP contribution in [0.5, 0.6) is 0 Å². The summed E-state index contributed by atoms with van der Waals surface area (Å²) in [6, 6.07) is 0. The van der Waals surface area contributed by atoms with Crippen molar-refractivity contribution in [1.29, 1.82) is 0 Å². The van der Waals surface area contributed by atoms with E-state index in [0.717, 1.165) is 19.3 Å². The first-order valence-electron chi connectivity index (χ1n) is 5.70. The van der Waals surface area contributed by atoms with Gasteiger partial charge in [0.1, 0.15) is 0 Å². The monoisotopic (exact) mass is 214 g/mol. The molecule has 1 aliphatic carbocycles. The maximum Gasteiger partial charge on any atom is 0.311 e. The van der Waals surface area contributed by atoms with Crippen molar-refractivity contribution in [3.63, 3.8) is 0 Å². The molecule has 0 aromatic heterocycles. The van der Waals surface area contributed by atoms with Crippen LogP contribution in [0.4, 0.5) is 0 Å². The van der Waals surface area contributed by atoms with E-state index in [1.165, 1.54) is 7.11 Å². The number of rotatable bonds is 3. The molecule has 0 aromatic carbocycles. The number of hydrogen-bond donors (Lipinski definition) is 0. The summed E-state index contributed by atoms with van der Waals surface area (Å²) in [6.07, 6.45) is 3.03. The third-order valence-electron chi connectivity index (χ3n) is 3.58. The van der Waals surface area contributed by atoms with Crippen LogP contribution in [0.15, 0.2) is 0 Å². The number of esters is 1. The van der Waals surface area contributed by atoms with Gasteiger partial charge in [-0.25, -0.2) is 0 Å². The van der Waals surface area contributed by atoms with Gasteiger partial charge in [0.2, 0.25) is 0 Å². The highest BCUT2D eigenvalue weighted by molar-refractivity contribution is 5.73. The van der Waals surface area contributed by atoms with E-state index >= 15 is 0 Å². The molecule has 3 unspecified atom stereocenters. The van der Waals surface area contributed by atoms with E-state index in [0.29, 0.717) is 11.8 Å². The SMILES string of the molecule is COC(=O)C1CCC(C(C)C)CC1OC. The van der Waals surface area contributed by atoms with Gasteiger partial charge in [-0.15, -0.1) is 0 Å². The molecular weight excluding hydrogens is 192 g/mol. The predicted molar refractivity (Wildman–Crippen MR) is 58.5 cm³/mol. The molecule has 1 fully saturated rings. The zero-order chi connectivity index (χ0) is 11.4. The van der Waals surface area contributed by atoms with Crippen LogP contribution in [0.25, 0.3) is 0 Å². The minimum atomic E-state index is -0.121. The Labute approximate surface area is 92.1 Å². The second kappa shape index (κ2) is 5.50. The highest BCUT2D eigenvalue weighted by Crippen LogP contribution is 2.35. The van der Waals surface area contributed by atoms with Gasteiger partial charge in [0.25, 0.3) is 0 Å². The van der Waals surface area contributed by atoms with Crippen LogP contribution in [-0.4, -0.2) is 26.3 Å². The van der Waals surface area contributed by atoms with Gasteiger partial charge in [-0.1, -0.05) is 13.8 Å². The highest BCUT2D eigenvalue weighted by Gasteiger charge is 2.36. The van der Waals surface area contributed by atoms with E-state index in [-0.39, 0.29) is 18.0 Å². The minimum absolute atomic E-state index is 0.0404. The molecule has 0 heterocycles. The fourth-order valence-electron chi connectivity index (χ4n) is 2.45. The van der Waals surface area contributed by atoms with Gasteiger partial charge in [-0.2, -0.15) is 0 Å². The summed E-state index contributed by atoms with van der Waals surface area (Å²) in [7, 11) is 3.13. The van der Waals surface area contributed by atoms with Crippen LogP contribution in [-0.2, 0) is 14.3 Å². The second-order valence-corrected chi connectivity index (χ2v) is 4.72. The zero-order valence-corrected chi connectivity index (χ0v) is 10.2. The van der Waals surface area contributed by atoms with E-state index in [1.54, 1.807) is 7.11 Å². The van der Waals surface area contributed by atoms with E-state index in [4.69, 9.17) is 9.47 Å². The van der Waals surface area contributed by atoms with Crippen molar-refractivity contribution >= 4 is 5.97 Å². The normalized spacial score (nSPS) is 31.7. The molecule has 0 amide bonds. The number of carbonyl (C=O) groups is 1. The summed E-state index contributed by atoms with van der Waals surface area (Å²) in [5.74, 6) is 1.16. The van der Waals surface area contributed by atoms with Gasteiger partial charge in [0, 0.05) is 7.11 Å². The fraction of sp³-hybridized carbons (Fsp3) is 0.917. The average molecular weight is 214 g/mol. The molecule has 1 aliphatic rings. The van der Waals surface area contributed by atoms with E-state index in [1.807, 2.05) is 0 Å². The molecule has 1 rings (SSSR count). The van der Waals surface area contributed by atoms with E-state index in [9.17, 15) is 4.79 Å². The molecule has 3 atom stereocenters. The molecule has 3 heteroatoms. The van der Waals surface area contributed by atoms with Gasteiger partial charge in [0.05, 0.1) is 19.1 Å². The Kier molecular flexibility index (Phi) is 4.58. The van der Waals surface area contributed by atoms with E-state index in [2.05, 4.69) is 13.8 Å². The lowest BCUT2D eigenvalue weighted by Gasteiger charge is -2.35. The number of methoxy groups -OCH3 is 2. The summed E-state index contributed by atoms with van der Waals surface area (Å²) >= 11 is 0. The van der Waals surface area contributed by atoms with Crippen molar-refractivity contribution in [2.45, 2.75) is 39.2 Å². The molecule has 1 saturated carbocycles. The number of carbonyl (C=O) groups excluding carboxylic acids is 1. The Morgan fingerprint density at radius 2 is 1.93 bits per heavy atom. The Bertz CT molecular complexity index is 213. The third kappa shape index (κ3) is 2.94. The maximum atomic E-state index is 11.5. The molecule has 88 valence electrons. The fourth-order valence-corrected chi connectivity index (χ4v) is 2.45. The maximum absolute atomic E-state index is 11.5. The lowest BCUT2D eigenvalue weighted by atomic mass is 9.75. The molecule has 0 aliphatic heterocycles. The minimum Gasteiger partial charge on any atom is -0.469 e. The van der Waals surface area contributed by atoms with Crippen LogP contribution in [0.3, 0.4) is 0 Å². The molecule has 0 spiro atoms. The van der Waals surface area contributed by atoms with Crippen LogP contribution in [0.2, 0.25) is 0 Å². The first kappa shape index (κ1) is 12.5. The molecule has 3 nitrogen and oxygen atoms in total. The van der Waals surface area contributed by atoms with Gasteiger partial charge in [-0.3, -0.25) is 4.79 Å². The Balaban J connectivity index is 2.60. The van der Waals surface area contributed by atoms with Crippen LogP contribution in [0.1, 0.15) is 33.1 Å². The predicted octanol–water partition coefficient (Wildman–Crippen LogP) is 2.25. The first-order valence-corrected chi connectivity index (χ1v) is 5.70. The summed E-state index contributed by atoms with van der Waals surface area (Å²) < 4.78 is 10.2. The number of hydrogen-bond acceptors (Lipinski definition) is 3. The largest absolute Gasteiger partial charge is 0.469 e. The second-order valence-electron chi connectivity index (χ2n) is 4.72. The summed E-state index contributed by atoms with van der Waals surface area (Å²) in [6.45, 7) is 4.46. The van der Waals surface area contributed by atoms with Crippen molar-refractivity contribution in [3.05, 3.63) is 0 Å². The lowest BCUT2D eigenvalue weighted by Crippen LogP contribution is -2.38. The third-order valence-corrected chi connectivity index (χ3v) is 3.58. The Morgan fingerprint density at radius 3 is 2.40 bits per heavy atom. The topological polar surface area (TPSA) is 35.5 Å². The molecule has 0 radical (unpaired) electrons. The molecule has 0 N–H and O–H groups in total. The molecular formula is C12H22O3. The van der Waals surface area contributed by atoms with Crippen molar-refractivity contribution in [2.75, 3.05) is 14.2 Å². The average Bonchev–Trinajstić information content (AvgIpc) is 2.27. The van der Waals surface area contributed by atoms with Crippen molar-refractivity contribution in [2.24, 2.45) is 17.8 Å². The molecule has 0 saturated heterocycles. The molecule has 15 heavy (non-hydrogen) atoms. The van der Waals surface area contributed by atoms with Gasteiger partial charge in [-0.05, 0) is 31.1 Å². The van der Waals surface area contributed by atoms with Crippen molar-refractivity contribution in [1.82, 2.24) is 0 Å². The molecule has 0 aromatic rings. The zero-order valence-electron chi connectivity index (χ0n) is 10.2.